The van der Waals surface area contributed by atoms with Crippen LogP contribution in [-0.2, 0) is 4.79 Å². The molecule has 0 bridgehead atoms. The van der Waals surface area contributed by atoms with Gasteiger partial charge in [-0.25, -0.2) is 4.39 Å². The second-order valence-electron chi connectivity index (χ2n) is 4.38. The Balaban J connectivity index is 2.16. The Morgan fingerprint density at radius 3 is 2.61 bits per heavy atom. The molecule has 0 radical (unpaired) electrons. The summed E-state index contributed by atoms with van der Waals surface area (Å²) in [6.45, 7) is 0. The number of benzene rings is 1. The van der Waals surface area contributed by atoms with Gasteiger partial charge in [0.1, 0.15) is 5.82 Å². The molecule has 1 aromatic rings. The smallest absolute Gasteiger partial charge is 0.237 e. The van der Waals surface area contributed by atoms with E-state index in [0.717, 1.165) is 6.42 Å². The fourth-order valence-electron chi connectivity index (χ4n) is 1.94. The number of hydrogen-bond acceptors (Lipinski definition) is 2. The van der Waals surface area contributed by atoms with Crippen molar-refractivity contribution in [2.24, 2.45) is 11.1 Å². The molecular weight excluding hydrogens is 275 g/mol. The van der Waals surface area contributed by atoms with Crippen LogP contribution in [0.3, 0.4) is 0 Å². The van der Waals surface area contributed by atoms with E-state index in [4.69, 9.17) is 29.6 Å². The van der Waals surface area contributed by atoms with Crippen molar-refractivity contribution in [2.45, 2.75) is 19.3 Å². The highest BCUT2D eigenvalue weighted by molar-refractivity contribution is 7.80. The molecule has 1 aliphatic carbocycles. The van der Waals surface area contributed by atoms with Gasteiger partial charge in [0.2, 0.25) is 5.91 Å². The van der Waals surface area contributed by atoms with Crippen molar-refractivity contribution in [3.8, 4) is 0 Å². The number of nitrogens with one attached hydrogen (secondary N) is 1. The zero-order valence-electron chi connectivity index (χ0n) is 9.50. The first-order valence-corrected chi connectivity index (χ1v) is 6.31. The van der Waals surface area contributed by atoms with Gasteiger partial charge in [-0.2, -0.15) is 0 Å². The van der Waals surface area contributed by atoms with Crippen LogP contribution in [0.25, 0.3) is 0 Å². The van der Waals surface area contributed by atoms with Crippen molar-refractivity contribution in [1.29, 1.82) is 0 Å². The Bertz CT molecular complexity index is 517. The van der Waals surface area contributed by atoms with Crippen molar-refractivity contribution >= 4 is 40.4 Å². The summed E-state index contributed by atoms with van der Waals surface area (Å²) in [6.07, 6.45) is 2.24. The molecule has 1 fully saturated rings. The molecule has 3 N–H and O–H groups in total. The molecular formula is C12H12ClFN2OS. The van der Waals surface area contributed by atoms with E-state index >= 15 is 0 Å². The Hall–Kier alpha value is -1.20. The number of carbonyl (C=O) groups excluding carboxylic acids is 1. The Kier molecular flexibility index (Phi) is 3.54. The largest absolute Gasteiger partial charge is 0.392 e. The molecule has 0 spiro atoms. The molecule has 1 saturated carbocycles. The van der Waals surface area contributed by atoms with Gasteiger partial charge in [-0.05, 0) is 31.0 Å². The molecule has 1 aliphatic rings. The lowest BCUT2D eigenvalue weighted by Crippen LogP contribution is -2.50. The maximum Gasteiger partial charge on any atom is 0.237 e. The van der Waals surface area contributed by atoms with Crippen molar-refractivity contribution in [2.75, 3.05) is 5.32 Å². The number of nitrogens with two attached hydrogens (primary N) is 1. The van der Waals surface area contributed by atoms with Crippen molar-refractivity contribution in [3.63, 3.8) is 0 Å². The van der Waals surface area contributed by atoms with Gasteiger partial charge < -0.3 is 11.1 Å². The normalized spacial score (nSPS) is 16.8. The molecule has 0 unspecified atom stereocenters. The number of rotatable bonds is 3. The lowest BCUT2D eigenvalue weighted by atomic mass is 9.68. The van der Waals surface area contributed by atoms with Gasteiger partial charge in [-0.15, -0.1) is 0 Å². The van der Waals surface area contributed by atoms with Crippen molar-refractivity contribution < 1.29 is 9.18 Å². The van der Waals surface area contributed by atoms with E-state index in [9.17, 15) is 9.18 Å². The summed E-state index contributed by atoms with van der Waals surface area (Å²) in [5.41, 5.74) is 5.31. The predicted octanol–water partition coefficient (Wildman–Crippen LogP) is 2.87. The van der Waals surface area contributed by atoms with E-state index < -0.39 is 11.2 Å². The second-order valence-corrected chi connectivity index (χ2v) is 5.23. The monoisotopic (exact) mass is 286 g/mol. The topological polar surface area (TPSA) is 55.1 Å². The van der Waals surface area contributed by atoms with Crippen LogP contribution in [0.5, 0.6) is 0 Å². The van der Waals surface area contributed by atoms with Gasteiger partial charge in [0.25, 0.3) is 0 Å². The van der Waals surface area contributed by atoms with Crippen LogP contribution in [0, 0.1) is 11.2 Å². The van der Waals surface area contributed by atoms with Gasteiger partial charge in [-0.1, -0.05) is 30.2 Å². The third-order valence-corrected chi connectivity index (χ3v) is 3.97. The second kappa shape index (κ2) is 4.82. The quantitative estimate of drug-likeness (QED) is 0.840. The number of amides is 1. The first-order chi connectivity index (χ1) is 8.45. The summed E-state index contributed by atoms with van der Waals surface area (Å²) in [7, 11) is 0. The summed E-state index contributed by atoms with van der Waals surface area (Å²) in [5, 5.41) is 2.64. The fourth-order valence-corrected chi connectivity index (χ4v) is 2.42. The highest BCUT2D eigenvalue weighted by Gasteiger charge is 2.46. The molecule has 0 aromatic heterocycles. The molecule has 0 aliphatic heterocycles. The fraction of sp³-hybridized carbons (Fsp3) is 0.333. The average molecular weight is 287 g/mol. The van der Waals surface area contributed by atoms with Crippen LogP contribution >= 0.6 is 23.8 Å². The zero-order chi connectivity index (χ0) is 13.3. The average Bonchev–Trinajstić information content (AvgIpc) is 2.21. The molecule has 1 amide bonds. The number of hydrogen-bond donors (Lipinski definition) is 2. The van der Waals surface area contributed by atoms with Gasteiger partial charge in [0, 0.05) is 5.69 Å². The van der Waals surface area contributed by atoms with Gasteiger partial charge in [-0.3, -0.25) is 4.79 Å². The van der Waals surface area contributed by atoms with Crippen molar-refractivity contribution in [1.82, 2.24) is 0 Å². The summed E-state index contributed by atoms with van der Waals surface area (Å²) in [4.78, 5) is 12.3. The Labute approximate surface area is 114 Å². The summed E-state index contributed by atoms with van der Waals surface area (Å²) < 4.78 is 13.0. The van der Waals surface area contributed by atoms with Crippen LogP contribution in [0.2, 0.25) is 5.02 Å². The van der Waals surface area contributed by atoms with Crippen LogP contribution in [0.4, 0.5) is 10.1 Å². The number of anilines is 1. The van der Waals surface area contributed by atoms with E-state index in [1.54, 1.807) is 0 Å². The highest BCUT2D eigenvalue weighted by Crippen LogP contribution is 2.42. The highest BCUT2D eigenvalue weighted by atomic mass is 35.5. The lowest BCUT2D eigenvalue weighted by Gasteiger charge is -2.39. The number of halogens is 2. The maximum absolute atomic E-state index is 13.0. The first-order valence-electron chi connectivity index (χ1n) is 5.52. The standard InChI is InChI=1S/C12H12ClFN2OS/c13-8-6-7(2-3-9(8)14)16-11(17)12(10(15)18)4-1-5-12/h2-3,6H,1,4-5H2,(H2,15,18)(H,16,17). The number of carbonyl (C=O) groups is 1. The molecule has 0 heterocycles. The third kappa shape index (κ3) is 2.20. The minimum atomic E-state index is -0.754. The van der Waals surface area contributed by atoms with Crippen molar-refractivity contribution in [3.05, 3.63) is 29.0 Å². The molecule has 1 aromatic carbocycles. The molecule has 6 heteroatoms. The van der Waals surface area contributed by atoms with E-state index in [-0.39, 0.29) is 15.9 Å². The predicted molar refractivity (Wildman–Crippen MR) is 73.1 cm³/mol. The van der Waals surface area contributed by atoms with Crippen LogP contribution in [-0.4, -0.2) is 10.9 Å². The summed E-state index contributed by atoms with van der Waals surface area (Å²) in [5.74, 6) is -0.772. The van der Waals surface area contributed by atoms with E-state index in [2.05, 4.69) is 5.32 Å². The SMILES string of the molecule is NC(=S)C1(C(=O)Nc2ccc(F)c(Cl)c2)CCC1. The van der Waals surface area contributed by atoms with E-state index in [1.165, 1.54) is 18.2 Å². The zero-order valence-corrected chi connectivity index (χ0v) is 11.1. The van der Waals surface area contributed by atoms with Gasteiger partial charge in [0.15, 0.2) is 0 Å². The van der Waals surface area contributed by atoms with E-state index in [1.807, 2.05) is 0 Å². The number of thiocarbonyl (C=S) groups is 1. The van der Waals surface area contributed by atoms with Crippen LogP contribution in [0.15, 0.2) is 18.2 Å². The van der Waals surface area contributed by atoms with Crippen LogP contribution in [0.1, 0.15) is 19.3 Å². The van der Waals surface area contributed by atoms with Gasteiger partial charge >= 0.3 is 0 Å². The minimum Gasteiger partial charge on any atom is -0.392 e. The van der Waals surface area contributed by atoms with Crippen LogP contribution < -0.4 is 11.1 Å². The molecule has 18 heavy (non-hydrogen) atoms. The first kappa shape index (κ1) is 13.2. The maximum atomic E-state index is 13.0. The lowest BCUT2D eigenvalue weighted by molar-refractivity contribution is -0.125. The molecule has 3 nitrogen and oxygen atoms in total. The molecule has 2 rings (SSSR count). The third-order valence-electron chi connectivity index (χ3n) is 3.29. The Morgan fingerprint density at radius 1 is 1.50 bits per heavy atom. The molecule has 0 atom stereocenters. The van der Waals surface area contributed by atoms with E-state index in [0.29, 0.717) is 18.5 Å². The molecule has 96 valence electrons. The van der Waals surface area contributed by atoms with Gasteiger partial charge in [0.05, 0.1) is 15.4 Å². The summed E-state index contributed by atoms with van der Waals surface area (Å²) >= 11 is 10.6. The summed E-state index contributed by atoms with van der Waals surface area (Å²) in [6, 6.07) is 4.01. The minimum absolute atomic E-state index is 0.0363. The molecule has 0 saturated heterocycles. The Morgan fingerprint density at radius 2 is 2.17 bits per heavy atom.